The number of benzene rings is 2. The molecule has 6 nitrogen and oxygen atoms in total. The molecule has 1 amide bonds. The van der Waals surface area contributed by atoms with Gasteiger partial charge in [0.2, 0.25) is 23.2 Å². The molecule has 2 heterocycles. The molecule has 3 aromatic rings. The van der Waals surface area contributed by atoms with Crippen molar-refractivity contribution in [3.05, 3.63) is 57.6 Å². The highest BCUT2D eigenvalue weighted by Gasteiger charge is 2.37. The lowest BCUT2D eigenvalue weighted by Crippen LogP contribution is -2.38. The van der Waals surface area contributed by atoms with Gasteiger partial charge in [0.15, 0.2) is 5.69 Å². The molecule has 8 heteroatoms. The number of aryl methyl sites for hydroxylation is 2. The van der Waals surface area contributed by atoms with Crippen LogP contribution >= 0.6 is 27.7 Å². The predicted octanol–water partition coefficient (Wildman–Crippen LogP) is 5.86. The molecule has 1 aliphatic rings. The first-order chi connectivity index (χ1) is 14.9. The van der Waals surface area contributed by atoms with E-state index in [2.05, 4.69) is 37.2 Å². The SMILES string of the molecule is CCSc1nnc2c(n1)OC(c1ccccc1Br)N(C(=O)CC)c1c(C)cc(C)cc1-2. The summed E-state index contributed by atoms with van der Waals surface area (Å²) in [7, 11) is 0. The highest BCUT2D eigenvalue weighted by Crippen LogP contribution is 2.46. The lowest BCUT2D eigenvalue weighted by Gasteiger charge is -2.32. The van der Waals surface area contributed by atoms with Gasteiger partial charge in [0, 0.05) is 22.0 Å². The fourth-order valence-electron chi connectivity index (χ4n) is 3.78. The molecule has 4 rings (SSSR count). The molecule has 1 unspecified atom stereocenters. The second kappa shape index (κ2) is 8.96. The third-order valence-corrected chi connectivity index (χ3v) is 6.49. The average Bonchev–Trinajstić information content (AvgIpc) is 2.88. The first-order valence-corrected chi connectivity index (χ1v) is 11.9. The van der Waals surface area contributed by atoms with E-state index in [4.69, 9.17) is 4.74 Å². The van der Waals surface area contributed by atoms with E-state index in [1.807, 2.05) is 58.0 Å². The van der Waals surface area contributed by atoms with E-state index in [1.54, 1.807) is 4.90 Å². The van der Waals surface area contributed by atoms with Crippen LogP contribution in [0.2, 0.25) is 0 Å². The van der Waals surface area contributed by atoms with Gasteiger partial charge in [0.1, 0.15) is 0 Å². The van der Waals surface area contributed by atoms with Gasteiger partial charge in [-0.3, -0.25) is 9.69 Å². The van der Waals surface area contributed by atoms with Crippen LogP contribution in [-0.4, -0.2) is 26.8 Å². The van der Waals surface area contributed by atoms with Gasteiger partial charge in [-0.2, -0.15) is 4.98 Å². The van der Waals surface area contributed by atoms with Crippen LogP contribution in [0.4, 0.5) is 5.69 Å². The van der Waals surface area contributed by atoms with Crippen molar-refractivity contribution in [2.24, 2.45) is 0 Å². The summed E-state index contributed by atoms with van der Waals surface area (Å²) < 4.78 is 7.33. The fraction of sp³-hybridized carbons (Fsp3) is 0.304. The molecule has 0 aliphatic carbocycles. The van der Waals surface area contributed by atoms with Crippen LogP contribution in [0.1, 0.15) is 43.2 Å². The maximum atomic E-state index is 13.3. The van der Waals surface area contributed by atoms with Crippen molar-refractivity contribution < 1.29 is 9.53 Å². The van der Waals surface area contributed by atoms with Crippen molar-refractivity contribution in [1.29, 1.82) is 0 Å². The zero-order chi connectivity index (χ0) is 22.1. The Hall–Kier alpha value is -2.45. The van der Waals surface area contributed by atoms with Crippen molar-refractivity contribution in [3.63, 3.8) is 0 Å². The Kier molecular flexibility index (Phi) is 6.29. The topological polar surface area (TPSA) is 68.2 Å². The summed E-state index contributed by atoms with van der Waals surface area (Å²) in [5.41, 5.74) is 5.01. The maximum absolute atomic E-state index is 13.3. The van der Waals surface area contributed by atoms with Crippen molar-refractivity contribution in [2.45, 2.75) is 45.5 Å². The lowest BCUT2D eigenvalue weighted by molar-refractivity contribution is -0.120. The number of hydrogen-bond acceptors (Lipinski definition) is 6. The largest absolute Gasteiger partial charge is 0.447 e. The van der Waals surface area contributed by atoms with Crippen LogP contribution in [-0.2, 0) is 4.79 Å². The van der Waals surface area contributed by atoms with Crippen molar-refractivity contribution in [2.75, 3.05) is 10.7 Å². The summed E-state index contributed by atoms with van der Waals surface area (Å²) >= 11 is 5.13. The molecule has 0 N–H and O–H groups in total. The minimum atomic E-state index is -0.694. The molecule has 0 spiro atoms. The van der Waals surface area contributed by atoms with Crippen molar-refractivity contribution in [3.8, 4) is 17.1 Å². The number of ether oxygens (including phenoxy) is 1. The number of anilines is 1. The number of rotatable bonds is 4. The van der Waals surface area contributed by atoms with E-state index < -0.39 is 6.23 Å². The van der Waals surface area contributed by atoms with Gasteiger partial charge in [0.05, 0.1) is 5.69 Å². The molecule has 160 valence electrons. The summed E-state index contributed by atoms with van der Waals surface area (Å²) in [6.07, 6.45) is -0.357. The molecule has 0 saturated heterocycles. The van der Waals surface area contributed by atoms with E-state index in [-0.39, 0.29) is 5.91 Å². The Morgan fingerprint density at radius 1 is 1.19 bits per heavy atom. The number of carbonyl (C=O) groups excluding carboxylic acids is 1. The monoisotopic (exact) mass is 498 g/mol. The third kappa shape index (κ3) is 4.06. The standard InChI is InChI=1S/C23H23BrN4O2S/c1-5-18(29)28-20-14(4)11-13(3)12-16(20)19-21(25-23(27-26-19)31-6-2)30-22(28)15-9-7-8-10-17(15)24/h7-12,22H,5-6H2,1-4H3. The quantitative estimate of drug-likeness (QED) is 0.419. The first kappa shape index (κ1) is 21.8. The Bertz CT molecular complexity index is 1150. The number of thioether (sulfide) groups is 1. The van der Waals surface area contributed by atoms with Gasteiger partial charge in [-0.1, -0.05) is 71.4 Å². The molecule has 1 aromatic heterocycles. The van der Waals surface area contributed by atoms with Crippen LogP contribution in [0.5, 0.6) is 5.88 Å². The van der Waals surface area contributed by atoms with Gasteiger partial charge < -0.3 is 4.74 Å². The first-order valence-electron chi connectivity index (χ1n) is 10.2. The van der Waals surface area contributed by atoms with Crippen molar-refractivity contribution in [1.82, 2.24) is 15.2 Å². The molecule has 0 fully saturated rings. The molecule has 0 radical (unpaired) electrons. The second-order valence-electron chi connectivity index (χ2n) is 7.27. The maximum Gasteiger partial charge on any atom is 0.247 e. The van der Waals surface area contributed by atoms with E-state index >= 15 is 0 Å². The van der Waals surface area contributed by atoms with Gasteiger partial charge in [0.25, 0.3) is 0 Å². The summed E-state index contributed by atoms with van der Waals surface area (Å²) in [5, 5.41) is 9.33. The smallest absolute Gasteiger partial charge is 0.247 e. The van der Waals surface area contributed by atoms with Gasteiger partial charge in [-0.05, 0) is 37.3 Å². The molecule has 31 heavy (non-hydrogen) atoms. The van der Waals surface area contributed by atoms with E-state index in [1.165, 1.54) is 11.8 Å². The van der Waals surface area contributed by atoms with Gasteiger partial charge in [-0.25, -0.2) is 0 Å². The number of halogens is 1. The van der Waals surface area contributed by atoms with Crippen LogP contribution in [0.3, 0.4) is 0 Å². The summed E-state index contributed by atoms with van der Waals surface area (Å²) in [5.74, 6) is 1.16. The Labute approximate surface area is 194 Å². The Balaban J connectivity index is 2.04. The van der Waals surface area contributed by atoms with Crippen LogP contribution in [0.15, 0.2) is 46.0 Å². The summed E-state index contributed by atoms with van der Waals surface area (Å²) in [4.78, 5) is 19.7. The van der Waals surface area contributed by atoms with Crippen LogP contribution in [0, 0.1) is 13.8 Å². The van der Waals surface area contributed by atoms with Crippen LogP contribution in [0.25, 0.3) is 11.3 Å². The molecule has 1 aliphatic heterocycles. The minimum absolute atomic E-state index is 0.0436. The number of amides is 1. The highest BCUT2D eigenvalue weighted by molar-refractivity contribution is 9.10. The Morgan fingerprint density at radius 2 is 1.97 bits per heavy atom. The summed E-state index contributed by atoms with van der Waals surface area (Å²) in [6.45, 7) is 7.92. The predicted molar refractivity (Wildman–Crippen MR) is 126 cm³/mol. The zero-order valence-electron chi connectivity index (χ0n) is 17.8. The number of fused-ring (bicyclic) bond motifs is 3. The van der Waals surface area contributed by atoms with E-state index in [0.29, 0.717) is 23.2 Å². The molecule has 1 atom stereocenters. The lowest BCUT2D eigenvalue weighted by atomic mass is 10.00. The molecule has 2 aromatic carbocycles. The molecular formula is C23H23BrN4O2S. The van der Waals surface area contributed by atoms with Crippen LogP contribution < -0.4 is 9.64 Å². The third-order valence-electron chi connectivity index (χ3n) is 5.05. The van der Waals surface area contributed by atoms with Crippen molar-refractivity contribution >= 4 is 39.3 Å². The number of aromatic nitrogens is 3. The van der Waals surface area contributed by atoms with E-state index in [0.717, 1.165) is 38.2 Å². The molecular weight excluding hydrogens is 476 g/mol. The molecule has 0 saturated carbocycles. The number of carbonyl (C=O) groups is 1. The van der Waals surface area contributed by atoms with Gasteiger partial charge in [-0.15, -0.1) is 10.2 Å². The average molecular weight is 499 g/mol. The minimum Gasteiger partial charge on any atom is -0.447 e. The van der Waals surface area contributed by atoms with E-state index in [9.17, 15) is 4.79 Å². The number of hydrogen-bond donors (Lipinski definition) is 0. The highest BCUT2D eigenvalue weighted by atomic mass is 79.9. The zero-order valence-corrected chi connectivity index (χ0v) is 20.2. The Morgan fingerprint density at radius 3 is 2.68 bits per heavy atom. The normalized spacial score (nSPS) is 15.0. The summed E-state index contributed by atoms with van der Waals surface area (Å²) in [6, 6.07) is 11.9. The molecule has 0 bridgehead atoms. The fourth-order valence-corrected chi connectivity index (χ4v) is 4.76. The number of nitrogens with zero attached hydrogens (tertiary/aromatic N) is 4. The second-order valence-corrected chi connectivity index (χ2v) is 9.35. The van der Waals surface area contributed by atoms with Gasteiger partial charge >= 0.3 is 0 Å².